The van der Waals surface area contributed by atoms with Crippen molar-refractivity contribution < 1.29 is 22.5 Å². The van der Waals surface area contributed by atoms with Crippen LogP contribution in [0.25, 0.3) is 5.57 Å². The van der Waals surface area contributed by atoms with Gasteiger partial charge in [-0.2, -0.15) is 0 Å². The molecule has 0 spiro atoms. The van der Waals surface area contributed by atoms with Gasteiger partial charge >= 0.3 is 7.12 Å². The molecule has 0 unspecified atom stereocenters. The summed E-state index contributed by atoms with van der Waals surface area (Å²) >= 11 is 0. The van der Waals surface area contributed by atoms with E-state index in [1.807, 2.05) is 0 Å². The molecule has 114 valence electrons. The summed E-state index contributed by atoms with van der Waals surface area (Å²) in [6.45, 7) is 8.42. The van der Waals surface area contributed by atoms with Crippen LogP contribution in [-0.4, -0.2) is 18.3 Å². The molecule has 1 heterocycles. The second-order valence-corrected chi connectivity index (χ2v) is 6.16. The highest BCUT2D eigenvalue weighted by Crippen LogP contribution is 2.40. The standard InChI is InChI=1S/C15H18BF3O2/c1-9(12-10(17)7-6-8-11(12)18)13(19)16-20-14(2,3)15(4,5)21-16/h6-8H,1-5H3. The van der Waals surface area contributed by atoms with Crippen molar-refractivity contribution in [1.82, 2.24) is 0 Å². The smallest absolute Gasteiger partial charge is 0.398 e. The number of halogens is 3. The van der Waals surface area contributed by atoms with Gasteiger partial charge in [-0.1, -0.05) is 6.07 Å². The lowest BCUT2D eigenvalue weighted by Gasteiger charge is -2.32. The zero-order chi connectivity index (χ0) is 16.0. The Morgan fingerprint density at radius 2 is 1.43 bits per heavy atom. The summed E-state index contributed by atoms with van der Waals surface area (Å²) in [5.41, 5.74) is -2.82. The molecule has 1 saturated heterocycles. The number of hydrogen-bond acceptors (Lipinski definition) is 2. The maximum Gasteiger partial charge on any atom is 0.525 e. The van der Waals surface area contributed by atoms with Crippen molar-refractivity contribution in [3.05, 3.63) is 41.1 Å². The van der Waals surface area contributed by atoms with Crippen LogP contribution in [0.1, 0.15) is 40.2 Å². The van der Waals surface area contributed by atoms with Gasteiger partial charge in [0, 0.05) is 0 Å². The Hall–Kier alpha value is -1.27. The quantitative estimate of drug-likeness (QED) is 0.758. The third-order valence-corrected chi connectivity index (χ3v) is 4.16. The summed E-state index contributed by atoms with van der Waals surface area (Å²) in [5, 5.41) is 0. The van der Waals surface area contributed by atoms with Crippen molar-refractivity contribution in [3.8, 4) is 0 Å². The van der Waals surface area contributed by atoms with E-state index in [1.165, 1.54) is 13.0 Å². The van der Waals surface area contributed by atoms with Gasteiger partial charge in [0.05, 0.1) is 16.8 Å². The molecule has 1 aromatic rings. The third-order valence-electron chi connectivity index (χ3n) is 4.16. The second-order valence-electron chi connectivity index (χ2n) is 6.16. The summed E-state index contributed by atoms with van der Waals surface area (Å²) in [6.07, 6.45) is 0. The highest BCUT2D eigenvalue weighted by molar-refractivity contribution is 6.55. The summed E-state index contributed by atoms with van der Waals surface area (Å²) in [5.74, 6) is -1.64. The Morgan fingerprint density at radius 1 is 1.00 bits per heavy atom. The highest BCUT2D eigenvalue weighted by atomic mass is 19.1. The van der Waals surface area contributed by atoms with E-state index in [0.29, 0.717) is 0 Å². The molecule has 6 heteroatoms. The van der Waals surface area contributed by atoms with Crippen LogP contribution >= 0.6 is 0 Å². The molecule has 1 aliphatic heterocycles. The van der Waals surface area contributed by atoms with Gasteiger partial charge in [-0.15, -0.1) is 0 Å². The fourth-order valence-electron chi connectivity index (χ4n) is 2.10. The van der Waals surface area contributed by atoms with Gasteiger partial charge in [0.1, 0.15) is 17.4 Å². The number of allylic oxidation sites excluding steroid dienone is 1. The molecule has 0 aliphatic carbocycles. The molecular formula is C15H18BF3O2. The van der Waals surface area contributed by atoms with E-state index in [1.54, 1.807) is 27.7 Å². The SMILES string of the molecule is CC(=C(F)B1OC(C)(C)C(C)(C)O1)c1c(F)cccc1F. The van der Waals surface area contributed by atoms with Crippen LogP contribution in [-0.2, 0) is 9.31 Å². The number of rotatable bonds is 2. The lowest BCUT2D eigenvalue weighted by atomic mass is 9.83. The van der Waals surface area contributed by atoms with Gasteiger partial charge in [-0.25, -0.2) is 13.2 Å². The maximum absolute atomic E-state index is 14.5. The van der Waals surface area contributed by atoms with Gasteiger partial charge in [0.2, 0.25) is 0 Å². The predicted octanol–water partition coefficient (Wildman–Crippen LogP) is 4.30. The highest BCUT2D eigenvalue weighted by Gasteiger charge is 2.53. The molecular weight excluding hydrogens is 280 g/mol. The number of benzene rings is 1. The first-order valence-corrected chi connectivity index (χ1v) is 6.73. The summed E-state index contributed by atoms with van der Waals surface area (Å²) < 4.78 is 53.1. The normalized spacial score (nSPS) is 21.4. The Morgan fingerprint density at radius 3 is 1.86 bits per heavy atom. The maximum atomic E-state index is 14.5. The largest absolute Gasteiger partial charge is 0.525 e. The van der Waals surface area contributed by atoms with Gasteiger partial charge < -0.3 is 9.31 Å². The Labute approximate surface area is 123 Å². The van der Waals surface area contributed by atoms with Crippen molar-refractivity contribution in [1.29, 1.82) is 0 Å². The average molecular weight is 298 g/mol. The molecule has 2 nitrogen and oxygen atoms in total. The third kappa shape index (κ3) is 2.74. The van der Waals surface area contributed by atoms with Crippen LogP contribution < -0.4 is 0 Å². The van der Waals surface area contributed by atoms with E-state index in [2.05, 4.69) is 0 Å². The molecule has 2 rings (SSSR count). The first-order chi connectivity index (χ1) is 9.57. The first-order valence-electron chi connectivity index (χ1n) is 6.73. The molecule has 0 radical (unpaired) electrons. The Kier molecular flexibility index (Phi) is 3.97. The molecule has 0 saturated carbocycles. The van der Waals surface area contributed by atoms with Crippen LogP contribution in [0, 0.1) is 11.6 Å². The molecule has 0 amide bonds. The van der Waals surface area contributed by atoms with E-state index in [0.717, 1.165) is 12.1 Å². The van der Waals surface area contributed by atoms with Crippen molar-refractivity contribution in [3.63, 3.8) is 0 Å². The van der Waals surface area contributed by atoms with E-state index >= 15 is 0 Å². The second kappa shape index (κ2) is 5.18. The zero-order valence-electron chi connectivity index (χ0n) is 12.8. The summed E-state index contributed by atoms with van der Waals surface area (Å²) in [4.78, 5) is 0. The molecule has 0 atom stereocenters. The first kappa shape index (κ1) is 16.1. The molecule has 1 aliphatic rings. The molecule has 0 bridgehead atoms. The fraction of sp³-hybridized carbons (Fsp3) is 0.467. The predicted molar refractivity (Wildman–Crippen MR) is 76.1 cm³/mol. The van der Waals surface area contributed by atoms with Crippen LogP contribution in [0.2, 0.25) is 0 Å². The molecule has 1 aromatic carbocycles. The lowest BCUT2D eigenvalue weighted by Crippen LogP contribution is -2.41. The van der Waals surface area contributed by atoms with Crippen molar-refractivity contribution in [2.75, 3.05) is 0 Å². The monoisotopic (exact) mass is 298 g/mol. The summed E-state index contributed by atoms with van der Waals surface area (Å²) in [6, 6.07) is 3.40. The van der Waals surface area contributed by atoms with Gasteiger partial charge in [0.15, 0.2) is 0 Å². The van der Waals surface area contributed by atoms with Gasteiger partial charge in [-0.05, 0) is 52.3 Å². The van der Waals surface area contributed by atoms with Crippen molar-refractivity contribution >= 4 is 12.7 Å². The summed E-state index contributed by atoms with van der Waals surface area (Å²) in [7, 11) is -1.27. The average Bonchev–Trinajstić information content (AvgIpc) is 2.57. The van der Waals surface area contributed by atoms with E-state index in [-0.39, 0.29) is 5.57 Å². The topological polar surface area (TPSA) is 18.5 Å². The van der Waals surface area contributed by atoms with Crippen LogP contribution in [0.5, 0.6) is 0 Å². The molecule has 0 aromatic heterocycles. The lowest BCUT2D eigenvalue weighted by molar-refractivity contribution is 0.00578. The van der Waals surface area contributed by atoms with Crippen LogP contribution in [0.3, 0.4) is 0 Å². The van der Waals surface area contributed by atoms with E-state index in [4.69, 9.17) is 9.31 Å². The minimum absolute atomic E-state index is 0.163. The molecule has 0 N–H and O–H groups in total. The zero-order valence-corrected chi connectivity index (χ0v) is 12.8. The Bertz CT molecular complexity index is 560. The van der Waals surface area contributed by atoms with Gasteiger partial charge in [-0.3, -0.25) is 0 Å². The van der Waals surface area contributed by atoms with E-state index < -0.39 is 41.2 Å². The minimum Gasteiger partial charge on any atom is -0.398 e. The fourth-order valence-corrected chi connectivity index (χ4v) is 2.10. The van der Waals surface area contributed by atoms with Crippen molar-refractivity contribution in [2.24, 2.45) is 0 Å². The molecule has 1 fully saturated rings. The van der Waals surface area contributed by atoms with E-state index in [9.17, 15) is 13.2 Å². The number of hydrogen-bond donors (Lipinski definition) is 0. The van der Waals surface area contributed by atoms with Crippen LogP contribution in [0.15, 0.2) is 23.9 Å². The molecule has 21 heavy (non-hydrogen) atoms. The van der Waals surface area contributed by atoms with Crippen LogP contribution in [0.4, 0.5) is 13.2 Å². The Balaban J connectivity index is 2.41. The van der Waals surface area contributed by atoms with Crippen molar-refractivity contribution in [2.45, 2.75) is 45.8 Å². The minimum atomic E-state index is -1.27. The van der Waals surface area contributed by atoms with Gasteiger partial charge in [0.25, 0.3) is 0 Å².